The second-order valence-electron chi connectivity index (χ2n) is 7.99. The number of nitrogens with zero attached hydrogens (tertiary/aromatic N) is 1. The lowest BCUT2D eigenvalue weighted by Crippen LogP contribution is -1.86. The van der Waals surface area contributed by atoms with Crippen LogP contribution in [0.1, 0.15) is 0 Å². The molecule has 7 rings (SSSR count). The summed E-state index contributed by atoms with van der Waals surface area (Å²) in [7, 11) is 0. The highest BCUT2D eigenvalue weighted by Crippen LogP contribution is 2.41. The molecule has 0 unspecified atom stereocenters. The van der Waals surface area contributed by atoms with Crippen molar-refractivity contribution in [1.82, 2.24) is 4.98 Å². The molecule has 4 aromatic carbocycles. The van der Waals surface area contributed by atoms with Gasteiger partial charge in [-0.15, -0.1) is 11.3 Å². The predicted molar refractivity (Wildman–Crippen MR) is 135 cm³/mol. The first-order valence-electron chi connectivity index (χ1n) is 10.6. The van der Waals surface area contributed by atoms with Crippen LogP contribution in [-0.4, -0.2) is 4.98 Å². The SMILES string of the molecule is c1ccc2c(c1)oc1c(-c3ccnc(-c4cccc5c4sc4ccccc45)c3)cccc12. The molecule has 0 amide bonds. The molecule has 0 aliphatic heterocycles. The van der Waals surface area contributed by atoms with E-state index in [1.54, 1.807) is 0 Å². The Balaban J connectivity index is 1.45. The lowest BCUT2D eigenvalue weighted by atomic mass is 10.0. The van der Waals surface area contributed by atoms with Crippen molar-refractivity contribution >= 4 is 53.4 Å². The monoisotopic (exact) mass is 427 g/mol. The summed E-state index contributed by atoms with van der Waals surface area (Å²) in [6, 6.07) is 33.9. The number of para-hydroxylation sites is 2. The van der Waals surface area contributed by atoms with E-state index >= 15 is 0 Å². The smallest absolute Gasteiger partial charge is 0.143 e. The number of thiophene rings is 1. The molecule has 0 radical (unpaired) electrons. The van der Waals surface area contributed by atoms with Gasteiger partial charge in [0.05, 0.1) is 5.69 Å². The summed E-state index contributed by atoms with van der Waals surface area (Å²) >= 11 is 1.83. The van der Waals surface area contributed by atoms with Crippen molar-refractivity contribution < 1.29 is 4.42 Å². The summed E-state index contributed by atoms with van der Waals surface area (Å²) in [5.41, 5.74) is 6.18. The maximum absolute atomic E-state index is 6.28. The first-order chi connectivity index (χ1) is 15.9. The number of benzene rings is 4. The van der Waals surface area contributed by atoms with Gasteiger partial charge in [-0.3, -0.25) is 4.98 Å². The summed E-state index contributed by atoms with van der Waals surface area (Å²) in [6.07, 6.45) is 1.90. The Labute approximate surface area is 188 Å². The molecule has 3 heteroatoms. The van der Waals surface area contributed by atoms with Crippen LogP contribution in [0.3, 0.4) is 0 Å². The van der Waals surface area contributed by atoms with Crippen molar-refractivity contribution in [3.8, 4) is 22.4 Å². The third-order valence-electron chi connectivity index (χ3n) is 6.16. The van der Waals surface area contributed by atoms with Gasteiger partial charge in [0.2, 0.25) is 0 Å². The fourth-order valence-electron chi connectivity index (χ4n) is 4.67. The van der Waals surface area contributed by atoms with E-state index in [9.17, 15) is 0 Å². The molecule has 2 nitrogen and oxygen atoms in total. The fraction of sp³-hybridized carbons (Fsp3) is 0. The van der Waals surface area contributed by atoms with Crippen molar-refractivity contribution in [3.63, 3.8) is 0 Å². The first-order valence-corrected chi connectivity index (χ1v) is 11.5. The molecule has 0 spiro atoms. The summed E-state index contributed by atoms with van der Waals surface area (Å²) in [4.78, 5) is 4.75. The number of hydrogen-bond donors (Lipinski definition) is 0. The maximum atomic E-state index is 6.28. The second kappa shape index (κ2) is 6.78. The number of pyridine rings is 1. The van der Waals surface area contributed by atoms with Crippen molar-refractivity contribution in [2.75, 3.05) is 0 Å². The zero-order valence-corrected chi connectivity index (χ0v) is 17.9. The Kier molecular flexibility index (Phi) is 3.75. The normalized spacial score (nSPS) is 11.8. The van der Waals surface area contributed by atoms with Gasteiger partial charge in [-0.2, -0.15) is 0 Å². The van der Waals surface area contributed by atoms with Crippen LogP contribution in [0.5, 0.6) is 0 Å². The molecular weight excluding hydrogens is 410 g/mol. The van der Waals surface area contributed by atoms with Gasteiger partial charge in [0.15, 0.2) is 0 Å². The van der Waals surface area contributed by atoms with Crippen LogP contribution < -0.4 is 0 Å². The zero-order chi connectivity index (χ0) is 21.1. The second-order valence-corrected chi connectivity index (χ2v) is 9.04. The number of rotatable bonds is 2. The Hall–Kier alpha value is -3.95. The van der Waals surface area contributed by atoms with E-state index in [-0.39, 0.29) is 0 Å². The van der Waals surface area contributed by atoms with Crippen molar-refractivity contribution in [2.45, 2.75) is 0 Å². The minimum Gasteiger partial charge on any atom is -0.455 e. The third kappa shape index (κ3) is 2.55. The minimum atomic E-state index is 0.916. The van der Waals surface area contributed by atoms with E-state index in [0.717, 1.165) is 38.8 Å². The van der Waals surface area contributed by atoms with Gasteiger partial charge in [-0.25, -0.2) is 0 Å². The van der Waals surface area contributed by atoms with Gasteiger partial charge in [0, 0.05) is 48.3 Å². The molecule has 3 aromatic heterocycles. The van der Waals surface area contributed by atoms with Crippen molar-refractivity contribution in [3.05, 3.63) is 103 Å². The van der Waals surface area contributed by atoms with Crippen LogP contribution in [0.2, 0.25) is 0 Å². The predicted octanol–water partition coefficient (Wildman–Crippen LogP) is 8.68. The lowest BCUT2D eigenvalue weighted by Gasteiger charge is -2.07. The molecule has 0 aliphatic carbocycles. The van der Waals surface area contributed by atoms with Gasteiger partial charge in [-0.1, -0.05) is 72.8 Å². The van der Waals surface area contributed by atoms with Crippen LogP contribution in [0, 0.1) is 0 Å². The summed E-state index contributed by atoms with van der Waals surface area (Å²) in [5.74, 6) is 0. The minimum absolute atomic E-state index is 0.916. The first kappa shape index (κ1) is 17.7. The van der Waals surface area contributed by atoms with Crippen LogP contribution in [0.15, 0.2) is 108 Å². The third-order valence-corrected chi connectivity index (χ3v) is 7.38. The highest BCUT2D eigenvalue weighted by Gasteiger charge is 2.14. The van der Waals surface area contributed by atoms with E-state index in [0.29, 0.717) is 0 Å². The lowest BCUT2D eigenvalue weighted by molar-refractivity contribution is 0.670. The number of furan rings is 1. The molecule has 0 fully saturated rings. The van der Waals surface area contributed by atoms with E-state index in [4.69, 9.17) is 9.40 Å². The number of aromatic nitrogens is 1. The molecule has 0 saturated carbocycles. The molecule has 0 aliphatic rings. The van der Waals surface area contributed by atoms with Crippen molar-refractivity contribution in [2.24, 2.45) is 0 Å². The summed E-state index contributed by atoms with van der Waals surface area (Å²) in [6.45, 7) is 0. The molecule has 3 heterocycles. The van der Waals surface area contributed by atoms with E-state index in [1.165, 1.54) is 25.7 Å². The molecule has 0 bridgehead atoms. The average molecular weight is 428 g/mol. The van der Waals surface area contributed by atoms with Gasteiger partial charge < -0.3 is 4.42 Å². The Bertz CT molecular complexity index is 1660. The summed E-state index contributed by atoms with van der Waals surface area (Å²) in [5, 5.41) is 4.88. The standard InChI is InChI=1S/C29H17NOS/c1-3-13-26-20(7-1)22-10-5-9-19(28(22)31-26)18-15-16-30-25(17-18)24-12-6-11-23-21-8-2-4-14-27(21)32-29(23)24/h1-17H. The van der Waals surface area contributed by atoms with Crippen LogP contribution >= 0.6 is 11.3 Å². The topological polar surface area (TPSA) is 26.0 Å². The molecule has 7 aromatic rings. The molecule has 150 valence electrons. The maximum Gasteiger partial charge on any atom is 0.143 e. The fourth-order valence-corrected chi connectivity index (χ4v) is 5.89. The quantitative estimate of drug-likeness (QED) is 0.276. The van der Waals surface area contributed by atoms with Gasteiger partial charge in [-0.05, 0) is 29.8 Å². The molecule has 0 N–H and O–H groups in total. The highest BCUT2D eigenvalue weighted by atomic mass is 32.1. The largest absolute Gasteiger partial charge is 0.455 e. The van der Waals surface area contributed by atoms with Gasteiger partial charge in [0.25, 0.3) is 0 Å². The summed E-state index contributed by atoms with van der Waals surface area (Å²) < 4.78 is 8.86. The number of fused-ring (bicyclic) bond motifs is 6. The van der Waals surface area contributed by atoms with E-state index in [1.807, 2.05) is 29.7 Å². The molecular formula is C29H17NOS. The van der Waals surface area contributed by atoms with Crippen LogP contribution in [0.25, 0.3) is 64.5 Å². The Morgan fingerprint density at radius 2 is 1.38 bits per heavy atom. The zero-order valence-electron chi connectivity index (χ0n) is 17.1. The molecule has 0 saturated heterocycles. The average Bonchev–Trinajstić information content (AvgIpc) is 3.42. The molecule has 0 atom stereocenters. The highest BCUT2D eigenvalue weighted by molar-refractivity contribution is 7.26. The van der Waals surface area contributed by atoms with Crippen LogP contribution in [0.4, 0.5) is 0 Å². The van der Waals surface area contributed by atoms with Gasteiger partial charge >= 0.3 is 0 Å². The van der Waals surface area contributed by atoms with Crippen LogP contribution in [-0.2, 0) is 0 Å². The van der Waals surface area contributed by atoms with E-state index in [2.05, 4.69) is 84.9 Å². The Morgan fingerprint density at radius 1 is 0.625 bits per heavy atom. The number of hydrogen-bond acceptors (Lipinski definition) is 3. The van der Waals surface area contributed by atoms with Crippen molar-refractivity contribution in [1.29, 1.82) is 0 Å². The molecule has 32 heavy (non-hydrogen) atoms. The van der Waals surface area contributed by atoms with E-state index < -0.39 is 0 Å². The van der Waals surface area contributed by atoms with Gasteiger partial charge in [0.1, 0.15) is 11.2 Å². The Morgan fingerprint density at radius 3 is 2.31 bits per heavy atom.